The fraction of sp³-hybridized carbons (Fsp3) is 0.625. The van der Waals surface area contributed by atoms with Gasteiger partial charge >= 0.3 is 0 Å². The Labute approximate surface area is 123 Å². The van der Waals surface area contributed by atoms with E-state index in [4.69, 9.17) is 0 Å². The molecule has 0 aromatic heterocycles. The summed E-state index contributed by atoms with van der Waals surface area (Å²) >= 11 is 0. The fourth-order valence-corrected chi connectivity index (χ4v) is 4.89. The van der Waals surface area contributed by atoms with Gasteiger partial charge in [-0.25, -0.2) is 4.39 Å². The third-order valence-corrected chi connectivity index (χ3v) is 6.31. The highest BCUT2D eigenvalue weighted by molar-refractivity contribution is 7.85. The van der Waals surface area contributed by atoms with E-state index in [1.54, 1.807) is 18.2 Å². The van der Waals surface area contributed by atoms with E-state index in [9.17, 15) is 8.60 Å². The zero-order valence-electron chi connectivity index (χ0n) is 12.4. The fourth-order valence-electron chi connectivity index (χ4n) is 3.10. The first-order chi connectivity index (χ1) is 9.54. The van der Waals surface area contributed by atoms with Crippen molar-refractivity contribution >= 4 is 10.8 Å². The minimum atomic E-state index is -1.29. The molecule has 0 heterocycles. The maximum atomic E-state index is 13.9. The summed E-state index contributed by atoms with van der Waals surface area (Å²) in [4.78, 5) is 0.349. The summed E-state index contributed by atoms with van der Waals surface area (Å²) in [6.45, 7) is 4.43. The van der Waals surface area contributed by atoms with E-state index in [1.807, 2.05) is 7.05 Å². The van der Waals surface area contributed by atoms with Crippen LogP contribution >= 0.6 is 0 Å². The average Bonchev–Trinajstić information content (AvgIpc) is 2.46. The standard InChI is InChI=1S/C16H24FNOS/c1-11(2)12-8-9-14(18-3)16(10-12)20(19)15-7-5-4-6-13(15)17/h4-7,11-12,14,16,18H,8-10H2,1-3H3. The van der Waals surface area contributed by atoms with E-state index in [-0.39, 0.29) is 17.1 Å². The van der Waals surface area contributed by atoms with Crippen LogP contribution in [-0.2, 0) is 10.8 Å². The van der Waals surface area contributed by atoms with E-state index in [0.29, 0.717) is 16.7 Å². The lowest BCUT2D eigenvalue weighted by Crippen LogP contribution is -2.45. The van der Waals surface area contributed by atoms with E-state index in [2.05, 4.69) is 19.2 Å². The summed E-state index contributed by atoms with van der Waals surface area (Å²) in [5, 5.41) is 3.27. The van der Waals surface area contributed by atoms with Crippen molar-refractivity contribution in [2.45, 2.75) is 49.3 Å². The molecular weight excluding hydrogens is 273 g/mol. The lowest BCUT2D eigenvalue weighted by molar-refractivity contribution is 0.249. The van der Waals surface area contributed by atoms with Gasteiger partial charge in [0.2, 0.25) is 0 Å². The van der Waals surface area contributed by atoms with Gasteiger partial charge in [-0.2, -0.15) is 0 Å². The summed E-state index contributed by atoms with van der Waals surface area (Å²) in [5.41, 5.74) is 0. The molecule has 0 saturated heterocycles. The molecule has 20 heavy (non-hydrogen) atoms. The van der Waals surface area contributed by atoms with Crippen LogP contribution in [0, 0.1) is 17.7 Å². The number of nitrogens with one attached hydrogen (secondary N) is 1. The van der Waals surface area contributed by atoms with E-state index in [1.165, 1.54) is 6.07 Å². The van der Waals surface area contributed by atoms with Crippen molar-refractivity contribution < 1.29 is 8.60 Å². The Balaban J connectivity index is 2.23. The lowest BCUT2D eigenvalue weighted by atomic mass is 9.79. The predicted octanol–water partition coefficient (Wildman–Crippen LogP) is 3.35. The molecule has 4 atom stereocenters. The Morgan fingerprint density at radius 2 is 2.00 bits per heavy atom. The van der Waals surface area contributed by atoms with Gasteiger partial charge in [-0.15, -0.1) is 0 Å². The highest BCUT2D eigenvalue weighted by atomic mass is 32.2. The highest BCUT2D eigenvalue weighted by Crippen LogP contribution is 2.34. The summed E-state index contributed by atoms with van der Waals surface area (Å²) < 4.78 is 26.7. The minimum Gasteiger partial charge on any atom is -0.316 e. The van der Waals surface area contributed by atoms with Gasteiger partial charge in [-0.3, -0.25) is 4.21 Å². The molecule has 1 N–H and O–H groups in total. The van der Waals surface area contributed by atoms with Crippen molar-refractivity contribution in [3.63, 3.8) is 0 Å². The highest BCUT2D eigenvalue weighted by Gasteiger charge is 2.35. The zero-order valence-corrected chi connectivity index (χ0v) is 13.3. The Hall–Kier alpha value is -0.740. The lowest BCUT2D eigenvalue weighted by Gasteiger charge is -2.37. The minimum absolute atomic E-state index is 0.00181. The van der Waals surface area contributed by atoms with E-state index < -0.39 is 10.8 Å². The molecule has 112 valence electrons. The van der Waals surface area contributed by atoms with Crippen molar-refractivity contribution in [3.05, 3.63) is 30.1 Å². The number of rotatable bonds is 4. The van der Waals surface area contributed by atoms with Gasteiger partial charge in [0.1, 0.15) is 5.82 Å². The Morgan fingerprint density at radius 1 is 1.30 bits per heavy atom. The van der Waals surface area contributed by atoms with Crippen molar-refractivity contribution in [1.29, 1.82) is 0 Å². The molecule has 1 fully saturated rings. The molecule has 0 spiro atoms. The maximum absolute atomic E-state index is 13.9. The number of hydrogen-bond acceptors (Lipinski definition) is 2. The molecule has 1 saturated carbocycles. The number of halogens is 1. The van der Waals surface area contributed by atoms with E-state index in [0.717, 1.165) is 19.3 Å². The smallest absolute Gasteiger partial charge is 0.139 e. The predicted molar refractivity (Wildman–Crippen MR) is 81.6 cm³/mol. The van der Waals surface area contributed by atoms with Crippen LogP contribution in [0.3, 0.4) is 0 Å². The second-order valence-electron chi connectivity index (χ2n) is 5.98. The summed E-state index contributed by atoms with van der Waals surface area (Å²) in [7, 11) is 0.623. The molecule has 0 bridgehead atoms. The molecule has 2 nitrogen and oxygen atoms in total. The molecule has 1 aliphatic carbocycles. The average molecular weight is 297 g/mol. The van der Waals surface area contributed by atoms with Crippen molar-refractivity contribution in [2.24, 2.45) is 11.8 Å². The zero-order chi connectivity index (χ0) is 14.7. The quantitative estimate of drug-likeness (QED) is 0.923. The van der Waals surface area contributed by atoms with Gasteiger partial charge in [-0.1, -0.05) is 26.0 Å². The van der Waals surface area contributed by atoms with E-state index >= 15 is 0 Å². The molecule has 4 heteroatoms. The molecule has 1 aromatic rings. The Kier molecular flexibility index (Phi) is 5.33. The monoisotopic (exact) mass is 297 g/mol. The van der Waals surface area contributed by atoms with Crippen LogP contribution in [0.4, 0.5) is 4.39 Å². The van der Waals surface area contributed by atoms with Gasteiger partial charge in [0.05, 0.1) is 20.9 Å². The second-order valence-corrected chi connectivity index (χ2v) is 7.62. The third kappa shape index (κ3) is 3.29. The molecule has 1 aromatic carbocycles. The Bertz CT molecular complexity index is 477. The first-order valence-electron chi connectivity index (χ1n) is 7.37. The van der Waals surface area contributed by atoms with Crippen LogP contribution in [0.1, 0.15) is 33.1 Å². The topological polar surface area (TPSA) is 29.1 Å². The normalized spacial score (nSPS) is 28.6. The van der Waals surface area contributed by atoms with Gasteiger partial charge in [-0.05, 0) is 50.3 Å². The van der Waals surface area contributed by atoms with Crippen molar-refractivity contribution in [3.8, 4) is 0 Å². The van der Waals surface area contributed by atoms with Crippen LogP contribution in [-0.4, -0.2) is 22.5 Å². The summed E-state index contributed by atoms with van der Waals surface area (Å²) in [6, 6.07) is 6.66. The molecule has 0 aliphatic heterocycles. The SMILES string of the molecule is CNC1CCC(C(C)C)CC1S(=O)c1ccccc1F. The summed E-state index contributed by atoms with van der Waals surface area (Å²) in [5.74, 6) is 0.820. The van der Waals surface area contributed by atoms with Gasteiger partial charge in [0.25, 0.3) is 0 Å². The van der Waals surface area contributed by atoms with Crippen molar-refractivity contribution in [2.75, 3.05) is 7.05 Å². The van der Waals surface area contributed by atoms with Crippen LogP contribution in [0.2, 0.25) is 0 Å². The number of hydrogen-bond donors (Lipinski definition) is 1. The number of benzene rings is 1. The summed E-state index contributed by atoms with van der Waals surface area (Å²) in [6.07, 6.45) is 3.09. The van der Waals surface area contributed by atoms with Gasteiger partial charge in [0.15, 0.2) is 0 Å². The maximum Gasteiger partial charge on any atom is 0.139 e. The van der Waals surface area contributed by atoms with Crippen LogP contribution in [0.25, 0.3) is 0 Å². The van der Waals surface area contributed by atoms with Crippen molar-refractivity contribution in [1.82, 2.24) is 5.32 Å². The molecular formula is C16H24FNOS. The Morgan fingerprint density at radius 3 is 2.60 bits per heavy atom. The second kappa shape index (κ2) is 6.81. The van der Waals surface area contributed by atoms with Gasteiger partial charge in [0, 0.05) is 6.04 Å². The van der Waals surface area contributed by atoms with Crippen LogP contribution in [0.15, 0.2) is 29.2 Å². The first kappa shape index (κ1) is 15.6. The van der Waals surface area contributed by atoms with Crippen LogP contribution < -0.4 is 5.32 Å². The largest absolute Gasteiger partial charge is 0.316 e. The first-order valence-corrected chi connectivity index (χ1v) is 8.58. The molecule has 0 amide bonds. The third-order valence-electron chi connectivity index (χ3n) is 4.47. The van der Waals surface area contributed by atoms with Gasteiger partial charge < -0.3 is 5.32 Å². The molecule has 1 aliphatic rings. The molecule has 0 radical (unpaired) electrons. The molecule has 2 rings (SSSR count). The van der Waals surface area contributed by atoms with Crippen LogP contribution in [0.5, 0.6) is 0 Å². The molecule has 4 unspecified atom stereocenters.